The van der Waals surface area contributed by atoms with Gasteiger partial charge in [0.05, 0.1) is 12.0 Å². The van der Waals surface area contributed by atoms with Gasteiger partial charge in [0.2, 0.25) is 0 Å². The molecule has 1 saturated carbocycles. The van der Waals surface area contributed by atoms with E-state index in [-0.39, 0.29) is 11.4 Å². The van der Waals surface area contributed by atoms with E-state index in [2.05, 4.69) is 0 Å². The molecular formula is C14H26O4. The lowest BCUT2D eigenvalue weighted by molar-refractivity contribution is -0.257. The molecule has 0 heterocycles. The van der Waals surface area contributed by atoms with Crippen LogP contribution in [0.2, 0.25) is 0 Å². The predicted octanol–water partition coefficient (Wildman–Crippen LogP) is 2.90. The zero-order chi connectivity index (χ0) is 13.6. The van der Waals surface area contributed by atoms with Gasteiger partial charge in [-0.3, -0.25) is 4.79 Å². The molecule has 1 aliphatic carbocycles. The van der Waals surface area contributed by atoms with Gasteiger partial charge in [-0.2, -0.15) is 0 Å². The fourth-order valence-corrected chi connectivity index (χ4v) is 2.55. The molecule has 0 aromatic rings. The zero-order valence-electron chi connectivity index (χ0n) is 12.1. The minimum atomic E-state index is -0.491. The van der Waals surface area contributed by atoms with E-state index in [1.54, 1.807) is 0 Å². The fraction of sp³-hybridized carbons (Fsp3) is 0.929. The van der Waals surface area contributed by atoms with E-state index < -0.39 is 5.79 Å². The maximum Gasteiger partial charge on any atom is 0.311 e. The van der Waals surface area contributed by atoms with Crippen molar-refractivity contribution >= 4 is 5.97 Å². The average molecular weight is 258 g/mol. The van der Waals surface area contributed by atoms with Crippen molar-refractivity contribution in [3.05, 3.63) is 0 Å². The molecule has 106 valence electrons. The van der Waals surface area contributed by atoms with E-state index in [0.29, 0.717) is 19.8 Å². The first kappa shape index (κ1) is 15.4. The van der Waals surface area contributed by atoms with Crippen molar-refractivity contribution in [2.75, 3.05) is 19.8 Å². The fourth-order valence-electron chi connectivity index (χ4n) is 2.55. The lowest BCUT2D eigenvalue weighted by Crippen LogP contribution is -2.45. The Bertz CT molecular complexity index is 259. The van der Waals surface area contributed by atoms with Gasteiger partial charge in [0, 0.05) is 26.1 Å². The van der Waals surface area contributed by atoms with Gasteiger partial charge in [0.25, 0.3) is 0 Å². The molecule has 4 nitrogen and oxygen atoms in total. The quantitative estimate of drug-likeness (QED) is 0.543. The second-order valence-corrected chi connectivity index (χ2v) is 5.06. The summed E-state index contributed by atoms with van der Waals surface area (Å²) in [6, 6.07) is 0. The van der Waals surface area contributed by atoms with E-state index in [1.165, 1.54) is 0 Å². The zero-order valence-corrected chi connectivity index (χ0v) is 12.1. The Morgan fingerprint density at radius 2 is 1.44 bits per heavy atom. The SMILES string of the molecule is CCOC(=O)C1(C)CCC(OCC)(OCC)CC1. The van der Waals surface area contributed by atoms with Crippen LogP contribution in [-0.2, 0) is 19.0 Å². The van der Waals surface area contributed by atoms with E-state index >= 15 is 0 Å². The number of esters is 1. The maximum absolute atomic E-state index is 11.9. The van der Waals surface area contributed by atoms with E-state index in [9.17, 15) is 4.79 Å². The topological polar surface area (TPSA) is 44.8 Å². The summed E-state index contributed by atoms with van der Waals surface area (Å²) in [6.07, 6.45) is 3.02. The molecule has 0 bridgehead atoms. The number of rotatable bonds is 6. The molecule has 0 aromatic carbocycles. The first-order valence-corrected chi connectivity index (χ1v) is 6.97. The van der Waals surface area contributed by atoms with Gasteiger partial charge >= 0.3 is 5.97 Å². The maximum atomic E-state index is 11.9. The van der Waals surface area contributed by atoms with Crippen LogP contribution in [-0.4, -0.2) is 31.6 Å². The Morgan fingerprint density at radius 1 is 0.944 bits per heavy atom. The highest BCUT2D eigenvalue weighted by Crippen LogP contribution is 2.43. The van der Waals surface area contributed by atoms with Crippen molar-refractivity contribution in [2.24, 2.45) is 5.41 Å². The average Bonchev–Trinajstić information content (AvgIpc) is 2.34. The van der Waals surface area contributed by atoms with E-state index in [0.717, 1.165) is 25.7 Å². The van der Waals surface area contributed by atoms with E-state index in [4.69, 9.17) is 14.2 Å². The molecule has 0 aromatic heterocycles. The standard InChI is InChI=1S/C14H26O4/c1-5-16-12(15)13(4)8-10-14(11-9-13,17-6-2)18-7-3/h5-11H2,1-4H3. The molecule has 4 heteroatoms. The Hall–Kier alpha value is -0.610. The highest BCUT2D eigenvalue weighted by Gasteiger charge is 2.46. The summed E-state index contributed by atoms with van der Waals surface area (Å²) in [5.41, 5.74) is -0.381. The van der Waals surface area contributed by atoms with Gasteiger partial charge in [0.1, 0.15) is 0 Å². The van der Waals surface area contributed by atoms with Crippen LogP contribution in [0.1, 0.15) is 53.4 Å². The molecule has 0 amide bonds. The summed E-state index contributed by atoms with van der Waals surface area (Å²) in [6.45, 7) is 9.48. The second kappa shape index (κ2) is 6.53. The van der Waals surface area contributed by atoms with E-state index in [1.807, 2.05) is 27.7 Å². The first-order chi connectivity index (χ1) is 8.52. The van der Waals surface area contributed by atoms with Gasteiger partial charge in [-0.15, -0.1) is 0 Å². The second-order valence-electron chi connectivity index (χ2n) is 5.06. The van der Waals surface area contributed by atoms with Crippen molar-refractivity contribution in [2.45, 2.75) is 59.2 Å². The Labute approximate surface area is 110 Å². The van der Waals surface area contributed by atoms with Crippen LogP contribution < -0.4 is 0 Å². The van der Waals surface area contributed by atoms with Crippen molar-refractivity contribution < 1.29 is 19.0 Å². The summed E-state index contributed by atoms with van der Waals surface area (Å²) in [4.78, 5) is 11.9. The van der Waals surface area contributed by atoms with Crippen LogP contribution in [0.15, 0.2) is 0 Å². The highest BCUT2D eigenvalue weighted by molar-refractivity contribution is 5.76. The number of hydrogen-bond acceptors (Lipinski definition) is 4. The minimum Gasteiger partial charge on any atom is -0.466 e. The Kier molecular flexibility index (Phi) is 5.60. The van der Waals surface area contributed by atoms with Crippen LogP contribution in [0.5, 0.6) is 0 Å². The number of carbonyl (C=O) groups excluding carboxylic acids is 1. The minimum absolute atomic E-state index is 0.0911. The molecule has 0 saturated heterocycles. The molecule has 1 fully saturated rings. The molecule has 1 aliphatic rings. The Morgan fingerprint density at radius 3 is 1.83 bits per heavy atom. The smallest absolute Gasteiger partial charge is 0.311 e. The molecular weight excluding hydrogens is 232 g/mol. The van der Waals surface area contributed by atoms with Crippen LogP contribution in [0.4, 0.5) is 0 Å². The number of carbonyl (C=O) groups is 1. The largest absolute Gasteiger partial charge is 0.466 e. The third-order valence-corrected chi connectivity index (χ3v) is 3.70. The number of hydrogen-bond donors (Lipinski definition) is 0. The molecule has 1 rings (SSSR count). The van der Waals surface area contributed by atoms with Crippen LogP contribution >= 0.6 is 0 Å². The van der Waals surface area contributed by atoms with Gasteiger partial charge in [-0.1, -0.05) is 0 Å². The van der Waals surface area contributed by atoms with Gasteiger partial charge < -0.3 is 14.2 Å². The third kappa shape index (κ3) is 3.45. The molecule has 0 atom stereocenters. The normalized spacial score (nSPS) is 21.6. The molecule has 0 unspecified atom stereocenters. The monoisotopic (exact) mass is 258 g/mol. The summed E-state index contributed by atoms with van der Waals surface area (Å²) in [5.74, 6) is -0.582. The lowest BCUT2D eigenvalue weighted by Gasteiger charge is -2.42. The molecule has 0 spiro atoms. The van der Waals surface area contributed by atoms with Crippen molar-refractivity contribution in [1.29, 1.82) is 0 Å². The van der Waals surface area contributed by atoms with Gasteiger partial charge in [0.15, 0.2) is 5.79 Å². The van der Waals surface area contributed by atoms with Crippen LogP contribution in [0.3, 0.4) is 0 Å². The predicted molar refractivity (Wildman–Crippen MR) is 69.2 cm³/mol. The molecule has 18 heavy (non-hydrogen) atoms. The molecule has 0 aliphatic heterocycles. The first-order valence-electron chi connectivity index (χ1n) is 6.97. The Balaban J connectivity index is 2.64. The van der Waals surface area contributed by atoms with Gasteiger partial charge in [-0.05, 0) is 40.5 Å². The van der Waals surface area contributed by atoms with Gasteiger partial charge in [-0.25, -0.2) is 0 Å². The van der Waals surface area contributed by atoms with Crippen molar-refractivity contribution in [1.82, 2.24) is 0 Å². The highest BCUT2D eigenvalue weighted by atomic mass is 16.7. The summed E-state index contributed by atoms with van der Waals surface area (Å²) < 4.78 is 16.7. The van der Waals surface area contributed by atoms with Crippen LogP contribution in [0.25, 0.3) is 0 Å². The summed E-state index contributed by atoms with van der Waals surface area (Å²) in [5, 5.41) is 0. The van der Waals surface area contributed by atoms with Crippen molar-refractivity contribution in [3.8, 4) is 0 Å². The van der Waals surface area contributed by atoms with Crippen molar-refractivity contribution in [3.63, 3.8) is 0 Å². The molecule has 0 N–H and O–H groups in total. The van der Waals surface area contributed by atoms with Crippen LogP contribution in [0, 0.1) is 5.41 Å². The molecule has 0 radical (unpaired) electrons. The number of ether oxygens (including phenoxy) is 3. The lowest BCUT2D eigenvalue weighted by atomic mass is 9.73. The summed E-state index contributed by atoms with van der Waals surface area (Å²) >= 11 is 0. The summed E-state index contributed by atoms with van der Waals surface area (Å²) in [7, 11) is 0. The third-order valence-electron chi connectivity index (χ3n) is 3.70.